The summed E-state index contributed by atoms with van der Waals surface area (Å²) in [5, 5.41) is 2.53. The second-order valence-electron chi connectivity index (χ2n) is 6.09. The molecule has 0 bridgehead atoms. The third-order valence-corrected chi connectivity index (χ3v) is 5.69. The van der Waals surface area contributed by atoms with E-state index in [1.54, 1.807) is 30.5 Å². The molecular weight excluding hydrogens is 384 g/mol. The Balaban J connectivity index is 1.82. The molecule has 1 unspecified atom stereocenters. The standard InChI is InChI=1S/C18H16N4O5S/c1-28(26,27)22(18(19)25)11-9-14(12-22)20-17(24)13-5-7-15(8-6-13)21-10-3-2-4-16(21)23/h2-12H,1H3,(H2-,19,20,24,25)/p+1. The van der Waals surface area contributed by atoms with Crippen LogP contribution < -0.4 is 16.6 Å². The number of nitrogens with two attached hydrogens (primary N) is 1. The number of carbonyl (C=O) groups excluding carboxylic acids is 2. The lowest BCUT2D eigenvalue weighted by molar-refractivity contribution is -0.593. The van der Waals surface area contributed by atoms with Crippen molar-refractivity contribution >= 4 is 22.0 Å². The molecule has 28 heavy (non-hydrogen) atoms. The number of primary amides is 1. The van der Waals surface area contributed by atoms with Crippen LogP contribution in [0.5, 0.6) is 0 Å². The monoisotopic (exact) mass is 401 g/mol. The summed E-state index contributed by atoms with van der Waals surface area (Å²) in [6, 6.07) is 9.92. The van der Waals surface area contributed by atoms with Crippen molar-refractivity contribution in [1.29, 1.82) is 0 Å². The number of rotatable bonds is 4. The zero-order valence-corrected chi connectivity index (χ0v) is 15.6. The van der Waals surface area contributed by atoms with Gasteiger partial charge in [-0.05, 0) is 30.3 Å². The fourth-order valence-corrected chi connectivity index (χ4v) is 3.60. The van der Waals surface area contributed by atoms with Crippen LogP contribution in [0.3, 0.4) is 0 Å². The van der Waals surface area contributed by atoms with E-state index in [0.717, 1.165) is 18.7 Å². The maximum absolute atomic E-state index is 12.4. The molecule has 0 aliphatic carbocycles. The van der Waals surface area contributed by atoms with Crippen LogP contribution in [0.2, 0.25) is 0 Å². The van der Waals surface area contributed by atoms with Gasteiger partial charge in [0.05, 0.1) is 6.26 Å². The number of pyridine rings is 1. The normalized spacial score (nSPS) is 18.5. The van der Waals surface area contributed by atoms with E-state index in [1.807, 2.05) is 0 Å². The van der Waals surface area contributed by atoms with Gasteiger partial charge in [-0.15, -0.1) is 0 Å². The first-order valence-electron chi connectivity index (χ1n) is 8.04. The van der Waals surface area contributed by atoms with Crippen molar-refractivity contribution in [3.05, 3.63) is 88.8 Å². The van der Waals surface area contributed by atoms with E-state index < -0.39 is 25.8 Å². The number of nitrogens with one attached hydrogen (secondary N) is 1. The largest absolute Gasteiger partial charge is 0.438 e. The summed E-state index contributed by atoms with van der Waals surface area (Å²) in [5.74, 6) is -0.513. The summed E-state index contributed by atoms with van der Waals surface area (Å²) < 4.78 is 24.1. The molecule has 0 spiro atoms. The molecule has 10 heteroatoms. The maximum atomic E-state index is 12.4. The fourth-order valence-electron chi connectivity index (χ4n) is 2.68. The molecule has 1 aliphatic rings. The van der Waals surface area contributed by atoms with Gasteiger partial charge in [0.15, 0.2) is 0 Å². The van der Waals surface area contributed by atoms with Crippen LogP contribution in [0.15, 0.2) is 77.6 Å². The fraction of sp³-hybridized carbons (Fsp3) is 0.0556. The summed E-state index contributed by atoms with van der Waals surface area (Å²) >= 11 is 0. The minimum absolute atomic E-state index is 0.123. The highest BCUT2D eigenvalue weighted by Gasteiger charge is 2.45. The van der Waals surface area contributed by atoms with Gasteiger partial charge in [0.1, 0.15) is 18.1 Å². The van der Waals surface area contributed by atoms with Crippen LogP contribution in [0.1, 0.15) is 10.4 Å². The molecule has 0 saturated heterocycles. The van der Waals surface area contributed by atoms with Crippen molar-refractivity contribution in [3.63, 3.8) is 0 Å². The molecule has 0 saturated carbocycles. The van der Waals surface area contributed by atoms with Crippen LogP contribution in [-0.4, -0.2) is 35.1 Å². The minimum Gasteiger partial charge on any atom is -0.317 e. The molecule has 0 radical (unpaired) electrons. The van der Waals surface area contributed by atoms with Gasteiger partial charge in [-0.2, -0.15) is 8.42 Å². The molecule has 3 amide bonds. The Morgan fingerprint density at radius 3 is 2.32 bits per heavy atom. The molecule has 0 fully saturated rings. The van der Waals surface area contributed by atoms with Crippen molar-refractivity contribution < 1.29 is 21.9 Å². The lowest BCUT2D eigenvalue weighted by atomic mass is 10.2. The topological polar surface area (TPSA) is 128 Å². The number of amides is 3. The van der Waals surface area contributed by atoms with E-state index in [1.165, 1.54) is 28.8 Å². The predicted octanol–water partition coefficient (Wildman–Crippen LogP) is 0.791. The molecule has 9 nitrogen and oxygen atoms in total. The van der Waals surface area contributed by atoms with Gasteiger partial charge < -0.3 is 11.1 Å². The summed E-state index contributed by atoms with van der Waals surface area (Å²) in [6.07, 6.45) is 5.90. The molecule has 3 N–H and O–H groups in total. The molecule has 1 atom stereocenters. The summed E-state index contributed by atoms with van der Waals surface area (Å²) in [7, 11) is -3.92. The van der Waals surface area contributed by atoms with Crippen molar-refractivity contribution in [2.24, 2.45) is 5.73 Å². The van der Waals surface area contributed by atoms with E-state index in [-0.39, 0.29) is 16.8 Å². The van der Waals surface area contributed by atoms with Gasteiger partial charge in [0.2, 0.25) is 0 Å². The third kappa shape index (κ3) is 3.38. The number of hydrogen-bond acceptors (Lipinski definition) is 5. The van der Waals surface area contributed by atoms with Crippen LogP contribution >= 0.6 is 0 Å². The highest BCUT2D eigenvalue weighted by Crippen LogP contribution is 2.24. The molecule has 1 aromatic carbocycles. The van der Waals surface area contributed by atoms with E-state index in [2.05, 4.69) is 5.32 Å². The number of allylic oxidation sites excluding steroid dienone is 1. The molecule has 1 aliphatic heterocycles. The Morgan fingerprint density at radius 1 is 1.11 bits per heavy atom. The smallest absolute Gasteiger partial charge is 0.317 e. The predicted molar refractivity (Wildman–Crippen MR) is 101 cm³/mol. The molecule has 2 heterocycles. The second kappa shape index (κ2) is 6.91. The first-order chi connectivity index (χ1) is 13.1. The van der Waals surface area contributed by atoms with Crippen molar-refractivity contribution in [3.8, 4) is 5.69 Å². The van der Waals surface area contributed by atoms with Gasteiger partial charge in [0, 0.05) is 29.6 Å². The average Bonchev–Trinajstić information content (AvgIpc) is 3.08. The minimum atomic E-state index is -3.92. The number of aromatic nitrogens is 1. The number of nitrogens with zero attached hydrogens (tertiary/aromatic N) is 2. The highest BCUT2D eigenvalue weighted by molar-refractivity contribution is 7.85. The Labute approximate surface area is 160 Å². The SMILES string of the molecule is CS(=O)(=O)[N+]1(C(N)=O)C=CC(NC(=O)c2ccc(-n3ccccc3=O)cc2)=C1. The van der Waals surface area contributed by atoms with Crippen molar-refractivity contribution in [2.75, 3.05) is 6.26 Å². The van der Waals surface area contributed by atoms with Gasteiger partial charge in [-0.3, -0.25) is 14.2 Å². The molecule has 1 aromatic heterocycles. The van der Waals surface area contributed by atoms with Crippen LogP contribution in [0.4, 0.5) is 4.79 Å². The number of quaternary nitrogens is 1. The van der Waals surface area contributed by atoms with Gasteiger partial charge in [-0.1, -0.05) is 9.95 Å². The summed E-state index contributed by atoms with van der Waals surface area (Å²) in [4.78, 5) is 35.9. The zero-order chi connectivity index (χ0) is 20.5. The van der Waals surface area contributed by atoms with Crippen molar-refractivity contribution in [2.45, 2.75) is 0 Å². The molecule has 3 rings (SSSR count). The van der Waals surface area contributed by atoms with E-state index in [9.17, 15) is 22.8 Å². The highest BCUT2D eigenvalue weighted by atomic mass is 32.2. The maximum Gasteiger partial charge on any atom is 0.438 e. The van der Waals surface area contributed by atoms with Crippen molar-refractivity contribution in [1.82, 2.24) is 9.88 Å². The Morgan fingerprint density at radius 2 is 1.79 bits per heavy atom. The van der Waals surface area contributed by atoms with Gasteiger partial charge in [0.25, 0.3) is 11.5 Å². The number of sulfonamides is 1. The van der Waals surface area contributed by atoms with Gasteiger partial charge in [-0.25, -0.2) is 4.79 Å². The van der Waals surface area contributed by atoms with Crippen LogP contribution in [0, 0.1) is 0 Å². The Hall–Kier alpha value is -3.50. The number of hydrogen-bond donors (Lipinski definition) is 2. The van der Waals surface area contributed by atoms with E-state index >= 15 is 0 Å². The Kier molecular flexibility index (Phi) is 4.75. The lowest BCUT2D eigenvalue weighted by Crippen LogP contribution is -2.50. The number of benzene rings is 1. The van der Waals surface area contributed by atoms with E-state index in [4.69, 9.17) is 5.73 Å². The molecule has 144 valence electrons. The zero-order valence-electron chi connectivity index (χ0n) is 14.8. The summed E-state index contributed by atoms with van der Waals surface area (Å²) in [5.41, 5.74) is 6.01. The van der Waals surface area contributed by atoms with Gasteiger partial charge >= 0.3 is 16.1 Å². The number of urea groups is 1. The summed E-state index contributed by atoms with van der Waals surface area (Å²) in [6.45, 7) is 0. The number of carbonyl (C=O) groups is 2. The quantitative estimate of drug-likeness (QED) is 0.732. The van der Waals surface area contributed by atoms with Crippen LogP contribution in [-0.2, 0) is 10.0 Å². The first kappa shape index (κ1) is 19.3. The first-order valence-corrected chi connectivity index (χ1v) is 9.89. The Bertz CT molecular complexity index is 1180. The molecular formula is C18H17N4O5S+. The van der Waals surface area contributed by atoms with E-state index in [0.29, 0.717) is 5.69 Å². The second-order valence-corrected chi connectivity index (χ2v) is 8.16. The average molecular weight is 401 g/mol. The third-order valence-electron chi connectivity index (χ3n) is 4.19. The van der Waals surface area contributed by atoms with Crippen LogP contribution in [0.25, 0.3) is 5.69 Å². The lowest BCUT2D eigenvalue weighted by Gasteiger charge is -2.19. The molecule has 2 aromatic rings.